The molecule has 1 aliphatic rings. The molecule has 2 rings (SSSR count). The summed E-state index contributed by atoms with van der Waals surface area (Å²) in [5, 5.41) is 4.30. The highest BCUT2D eigenvalue weighted by Gasteiger charge is 2.28. The highest BCUT2D eigenvalue weighted by molar-refractivity contribution is 6.30. The smallest absolute Gasteiger partial charge is 0.0544 e. The van der Waals surface area contributed by atoms with Crippen LogP contribution in [0.2, 0.25) is 5.02 Å². The molecule has 1 fully saturated rings. The molecule has 1 aromatic rings. The van der Waals surface area contributed by atoms with Gasteiger partial charge in [-0.2, -0.15) is 0 Å². The molecule has 100 valence electrons. The molecule has 0 aromatic heterocycles. The molecule has 0 spiro atoms. The summed E-state index contributed by atoms with van der Waals surface area (Å²) in [7, 11) is 4.25. The van der Waals surface area contributed by atoms with E-state index in [9.17, 15) is 0 Å². The molecule has 0 radical (unpaired) electrons. The van der Waals surface area contributed by atoms with Gasteiger partial charge in [-0.1, -0.05) is 11.6 Å². The predicted octanol–water partition coefficient (Wildman–Crippen LogP) is 2.07. The van der Waals surface area contributed by atoms with Crippen LogP contribution in [0.5, 0.6) is 0 Å². The highest BCUT2D eigenvalue weighted by atomic mass is 35.5. The van der Waals surface area contributed by atoms with Crippen LogP contribution >= 0.6 is 11.6 Å². The van der Waals surface area contributed by atoms with Gasteiger partial charge in [0.2, 0.25) is 0 Å². The van der Waals surface area contributed by atoms with Gasteiger partial charge >= 0.3 is 0 Å². The minimum Gasteiger partial charge on any atom is -0.362 e. The number of likely N-dealkylation sites (N-methyl/N-ethyl adjacent to an activating group) is 1. The number of piperazine rings is 1. The van der Waals surface area contributed by atoms with E-state index in [1.54, 1.807) is 0 Å². The maximum atomic E-state index is 5.97. The lowest BCUT2D eigenvalue weighted by atomic mass is 10.1. The molecule has 1 aromatic carbocycles. The fourth-order valence-corrected chi connectivity index (χ4v) is 2.79. The first-order valence-electron chi connectivity index (χ1n) is 6.47. The third kappa shape index (κ3) is 3.16. The van der Waals surface area contributed by atoms with Gasteiger partial charge in [-0.15, -0.1) is 0 Å². The molecule has 3 nitrogen and oxygen atoms in total. The molecule has 0 bridgehead atoms. The zero-order chi connectivity index (χ0) is 13.1. The minimum atomic E-state index is 0.505. The first-order chi connectivity index (χ1) is 8.58. The third-order valence-electron chi connectivity index (χ3n) is 3.39. The van der Waals surface area contributed by atoms with E-state index in [-0.39, 0.29) is 0 Å². The normalized spacial score (nSPS) is 24.6. The topological polar surface area (TPSA) is 18.5 Å². The van der Waals surface area contributed by atoms with Gasteiger partial charge in [-0.25, -0.2) is 0 Å². The van der Waals surface area contributed by atoms with Crippen molar-refractivity contribution in [2.24, 2.45) is 0 Å². The molecule has 2 atom stereocenters. The number of hydrogen-bond donors (Lipinski definition) is 1. The zero-order valence-electron chi connectivity index (χ0n) is 11.4. The Morgan fingerprint density at radius 3 is 2.56 bits per heavy atom. The van der Waals surface area contributed by atoms with Crippen molar-refractivity contribution in [2.45, 2.75) is 19.0 Å². The van der Waals surface area contributed by atoms with Crippen LogP contribution in [-0.4, -0.2) is 50.7 Å². The molecule has 4 heteroatoms. The van der Waals surface area contributed by atoms with Gasteiger partial charge in [0.05, 0.1) is 6.04 Å². The lowest BCUT2D eigenvalue weighted by Gasteiger charge is -2.44. The summed E-state index contributed by atoms with van der Waals surface area (Å²) in [6, 6.07) is 9.19. The van der Waals surface area contributed by atoms with Crippen LogP contribution in [0.15, 0.2) is 24.3 Å². The summed E-state index contributed by atoms with van der Waals surface area (Å²) in [6.07, 6.45) is 0. The van der Waals surface area contributed by atoms with Crippen molar-refractivity contribution in [2.75, 3.05) is 38.6 Å². The average molecular weight is 268 g/mol. The van der Waals surface area contributed by atoms with Crippen molar-refractivity contribution in [3.8, 4) is 0 Å². The Balaban J connectivity index is 2.21. The van der Waals surface area contributed by atoms with Gasteiger partial charge in [-0.05, 0) is 45.3 Å². The van der Waals surface area contributed by atoms with Gasteiger partial charge < -0.3 is 15.1 Å². The van der Waals surface area contributed by atoms with Gasteiger partial charge in [0.1, 0.15) is 0 Å². The van der Waals surface area contributed by atoms with E-state index in [0.717, 1.165) is 24.7 Å². The van der Waals surface area contributed by atoms with E-state index in [2.05, 4.69) is 48.3 Å². The number of halogens is 1. The average Bonchev–Trinajstić information content (AvgIpc) is 2.30. The van der Waals surface area contributed by atoms with Crippen molar-refractivity contribution >= 4 is 17.3 Å². The SMILES string of the molecule is CC1CNCC(CN(C)C)N1c1ccc(Cl)cc1. The van der Waals surface area contributed by atoms with Crippen molar-refractivity contribution in [3.05, 3.63) is 29.3 Å². The van der Waals surface area contributed by atoms with Crippen LogP contribution in [0.25, 0.3) is 0 Å². The van der Waals surface area contributed by atoms with Crippen LogP contribution in [0.3, 0.4) is 0 Å². The van der Waals surface area contributed by atoms with E-state index in [1.807, 2.05) is 12.1 Å². The highest BCUT2D eigenvalue weighted by Crippen LogP contribution is 2.24. The van der Waals surface area contributed by atoms with Gasteiger partial charge in [0.25, 0.3) is 0 Å². The lowest BCUT2D eigenvalue weighted by Crippen LogP contribution is -2.59. The van der Waals surface area contributed by atoms with Crippen LogP contribution in [-0.2, 0) is 0 Å². The number of benzene rings is 1. The molecule has 2 unspecified atom stereocenters. The molecule has 1 N–H and O–H groups in total. The second kappa shape index (κ2) is 5.91. The number of hydrogen-bond acceptors (Lipinski definition) is 3. The second-order valence-corrected chi connectivity index (χ2v) is 5.74. The first-order valence-corrected chi connectivity index (χ1v) is 6.85. The number of rotatable bonds is 3. The summed E-state index contributed by atoms with van der Waals surface area (Å²) < 4.78 is 0. The summed E-state index contributed by atoms with van der Waals surface area (Å²) in [6.45, 7) is 5.39. The Hall–Kier alpha value is -0.770. The van der Waals surface area contributed by atoms with Crippen LogP contribution in [0.1, 0.15) is 6.92 Å². The zero-order valence-corrected chi connectivity index (χ0v) is 12.1. The molecule has 0 aliphatic carbocycles. The van der Waals surface area contributed by atoms with E-state index in [0.29, 0.717) is 12.1 Å². The Labute approximate surface area is 115 Å². The summed E-state index contributed by atoms with van der Waals surface area (Å²) >= 11 is 5.97. The van der Waals surface area contributed by atoms with E-state index < -0.39 is 0 Å². The third-order valence-corrected chi connectivity index (χ3v) is 3.64. The minimum absolute atomic E-state index is 0.505. The predicted molar refractivity (Wildman–Crippen MR) is 78.6 cm³/mol. The van der Waals surface area contributed by atoms with Crippen molar-refractivity contribution in [1.82, 2.24) is 10.2 Å². The Bertz CT molecular complexity index is 377. The van der Waals surface area contributed by atoms with Gasteiger partial charge in [0.15, 0.2) is 0 Å². The standard InChI is InChI=1S/C14H22ClN3/c1-11-8-16-9-14(10-17(2)3)18(11)13-6-4-12(15)5-7-13/h4-7,11,14,16H,8-10H2,1-3H3. The van der Waals surface area contributed by atoms with E-state index >= 15 is 0 Å². The summed E-state index contributed by atoms with van der Waals surface area (Å²) in [5.74, 6) is 0. The Kier molecular flexibility index (Phi) is 4.49. The molecule has 0 saturated carbocycles. The first kappa shape index (κ1) is 13.7. The number of anilines is 1. The van der Waals surface area contributed by atoms with Crippen LogP contribution < -0.4 is 10.2 Å². The second-order valence-electron chi connectivity index (χ2n) is 5.31. The quantitative estimate of drug-likeness (QED) is 0.905. The van der Waals surface area contributed by atoms with Gasteiger partial charge in [0, 0.05) is 36.4 Å². The molecular formula is C14H22ClN3. The molecule has 0 amide bonds. The summed E-state index contributed by atoms with van der Waals surface area (Å²) in [5.41, 5.74) is 1.26. The van der Waals surface area contributed by atoms with Crippen LogP contribution in [0.4, 0.5) is 5.69 Å². The van der Waals surface area contributed by atoms with E-state index in [4.69, 9.17) is 11.6 Å². The largest absolute Gasteiger partial charge is 0.362 e. The number of nitrogens with zero attached hydrogens (tertiary/aromatic N) is 2. The van der Waals surface area contributed by atoms with Crippen molar-refractivity contribution < 1.29 is 0 Å². The molecule has 1 aliphatic heterocycles. The maximum absolute atomic E-state index is 5.97. The molecule has 1 saturated heterocycles. The molecular weight excluding hydrogens is 246 g/mol. The molecule has 1 heterocycles. The molecule has 18 heavy (non-hydrogen) atoms. The van der Waals surface area contributed by atoms with E-state index in [1.165, 1.54) is 5.69 Å². The van der Waals surface area contributed by atoms with Crippen molar-refractivity contribution in [1.29, 1.82) is 0 Å². The Morgan fingerprint density at radius 1 is 1.28 bits per heavy atom. The fraction of sp³-hybridized carbons (Fsp3) is 0.571. The maximum Gasteiger partial charge on any atom is 0.0544 e. The summed E-state index contributed by atoms with van der Waals surface area (Å²) in [4.78, 5) is 4.75. The Morgan fingerprint density at radius 2 is 1.94 bits per heavy atom. The number of nitrogens with one attached hydrogen (secondary N) is 1. The fourth-order valence-electron chi connectivity index (χ4n) is 2.67. The monoisotopic (exact) mass is 267 g/mol. The van der Waals surface area contributed by atoms with Crippen molar-refractivity contribution in [3.63, 3.8) is 0 Å². The lowest BCUT2D eigenvalue weighted by molar-refractivity contribution is 0.316. The van der Waals surface area contributed by atoms with Crippen LogP contribution in [0, 0.1) is 0 Å². The van der Waals surface area contributed by atoms with Gasteiger partial charge in [-0.3, -0.25) is 0 Å².